The zero-order valence-electron chi connectivity index (χ0n) is 17.8. The third-order valence-electron chi connectivity index (χ3n) is 4.88. The van der Waals surface area contributed by atoms with E-state index in [1.54, 1.807) is 4.52 Å². The largest absolute Gasteiger partial charge is 0.483 e. The molecule has 2 aromatic heterocycles. The van der Waals surface area contributed by atoms with Crippen molar-refractivity contribution in [2.45, 2.75) is 38.3 Å². The molecule has 8 heteroatoms. The maximum atomic E-state index is 11.9. The first-order chi connectivity index (χ1) is 14.7. The lowest BCUT2D eigenvalue weighted by Gasteiger charge is -2.19. The van der Waals surface area contributed by atoms with Crippen LogP contribution in [-0.2, 0) is 5.41 Å². The minimum absolute atomic E-state index is 0.0651. The van der Waals surface area contributed by atoms with Gasteiger partial charge in [0.05, 0.1) is 0 Å². The molecule has 0 aliphatic carbocycles. The quantitative estimate of drug-likeness (QED) is 0.319. The molecule has 160 valence electrons. The Morgan fingerprint density at radius 1 is 1.10 bits per heavy atom. The fraction of sp³-hybridized carbons (Fsp3) is 0.261. The zero-order valence-corrected chi connectivity index (χ0v) is 19.3. The average Bonchev–Trinajstić information content (AvgIpc) is 3.10. The van der Waals surface area contributed by atoms with Crippen LogP contribution in [0, 0.1) is 6.92 Å². The molecule has 2 aromatic carbocycles. The molecule has 31 heavy (non-hydrogen) atoms. The van der Waals surface area contributed by atoms with E-state index in [0.717, 1.165) is 16.9 Å². The standard InChI is InChI=1S/C23H23ClN4O2S/c1-14-11-17(9-10-18(14)24)30-13-31-22-26-21(25-19-12-20(29)27-28(19)22)15-5-7-16(8-6-15)23(2,3)4/h5-12H,13H2,1-4H3,(H,27,29). The first-order valence-corrected chi connectivity index (χ1v) is 11.2. The molecular formula is C23H23ClN4O2S. The number of hydrogen-bond acceptors (Lipinski definition) is 5. The van der Waals surface area contributed by atoms with Crippen molar-refractivity contribution in [3.05, 3.63) is 75.0 Å². The summed E-state index contributed by atoms with van der Waals surface area (Å²) < 4.78 is 7.42. The molecule has 0 atom stereocenters. The van der Waals surface area contributed by atoms with Gasteiger partial charge in [-0.05, 0) is 53.4 Å². The summed E-state index contributed by atoms with van der Waals surface area (Å²) in [6.45, 7) is 8.45. The van der Waals surface area contributed by atoms with Crippen LogP contribution in [0.1, 0.15) is 31.9 Å². The molecule has 6 nitrogen and oxygen atoms in total. The monoisotopic (exact) mass is 454 g/mol. The summed E-state index contributed by atoms with van der Waals surface area (Å²) in [5, 5.41) is 4.03. The summed E-state index contributed by atoms with van der Waals surface area (Å²) >= 11 is 7.44. The molecular weight excluding hydrogens is 432 g/mol. The van der Waals surface area contributed by atoms with Crippen LogP contribution in [0.2, 0.25) is 5.02 Å². The van der Waals surface area contributed by atoms with E-state index in [9.17, 15) is 4.79 Å². The molecule has 0 bridgehead atoms. The van der Waals surface area contributed by atoms with Crippen LogP contribution in [0.25, 0.3) is 17.0 Å². The second kappa shape index (κ2) is 8.40. The predicted molar refractivity (Wildman–Crippen MR) is 125 cm³/mol. The Kier molecular flexibility index (Phi) is 5.81. The van der Waals surface area contributed by atoms with E-state index in [1.165, 1.54) is 23.4 Å². The molecule has 0 radical (unpaired) electrons. The third-order valence-corrected chi connectivity index (χ3v) is 6.07. The van der Waals surface area contributed by atoms with Gasteiger partial charge in [0.25, 0.3) is 5.56 Å². The summed E-state index contributed by atoms with van der Waals surface area (Å²) in [7, 11) is 0. The number of thioether (sulfide) groups is 1. The van der Waals surface area contributed by atoms with E-state index in [4.69, 9.17) is 16.3 Å². The number of H-pyrrole nitrogens is 1. The summed E-state index contributed by atoms with van der Waals surface area (Å²) in [5.41, 5.74) is 3.42. The minimum Gasteiger partial charge on any atom is -0.483 e. The van der Waals surface area contributed by atoms with Gasteiger partial charge in [0.1, 0.15) is 11.7 Å². The lowest BCUT2D eigenvalue weighted by Crippen LogP contribution is -2.10. The van der Waals surface area contributed by atoms with Crippen LogP contribution in [0.3, 0.4) is 0 Å². The lowest BCUT2D eigenvalue weighted by atomic mass is 9.87. The van der Waals surface area contributed by atoms with E-state index in [2.05, 4.69) is 48.0 Å². The highest BCUT2D eigenvalue weighted by Gasteiger charge is 2.15. The number of nitrogens with zero attached hydrogens (tertiary/aromatic N) is 3. The number of benzene rings is 2. The molecule has 4 aromatic rings. The molecule has 0 saturated heterocycles. The maximum Gasteiger partial charge on any atom is 0.266 e. The molecule has 0 spiro atoms. The van der Waals surface area contributed by atoms with E-state index in [0.29, 0.717) is 27.6 Å². The summed E-state index contributed by atoms with van der Waals surface area (Å²) in [5.74, 6) is 1.60. The number of ether oxygens (including phenoxy) is 1. The average molecular weight is 455 g/mol. The van der Waals surface area contributed by atoms with Gasteiger partial charge in [-0.3, -0.25) is 9.89 Å². The van der Waals surface area contributed by atoms with Gasteiger partial charge >= 0.3 is 0 Å². The molecule has 0 amide bonds. The van der Waals surface area contributed by atoms with Gasteiger partial charge in [0.2, 0.25) is 0 Å². The fourth-order valence-electron chi connectivity index (χ4n) is 3.09. The number of aromatic amines is 1. The Labute approximate surface area is 189 Å². The minimum atomic E-state index is -0.231. The normalized spacial score (nSPS) is 11.8. The van der Waals surface area contributed by atoms with Gasteiger partial charge < -0.3 is 4.74 Å². The van der Waals surface area contributed by atoms with E-state index >= 15 is 0 Å². The van der Waals surface area contributed by atoms with Crippen molar-refractivity contribution in [3.63, 3.8) is 0 Å². The number of halogens is 1. The van der Waals surface area contributed by atoms with Gasteiger partial charge in [0, 0.05) is 16.7 Å². The van der Waals surface area contributed by atoms with E-state index in [1.807, 2.05) is 37.3 Å². The van der Waals surface area contributed by atoms with Crippen LogP contribution >= 0.6 is 23.4 Å². The Bertz CT molecular complexity index is 1290. The van der Waals surface area contributed by atoms with E-state index < -0.39 is 0 Å². The Hall–Kier alpha value is -2.77. The first kappa shape index (κ1) is 21.5. The molecule has 2 heterocycles. The number of rotatable bonds is 5. The van der Waals surface area contributed by atoms with Gasteiger partial charge in [-0.25, -0.2) is 14.5 Å². The Morgan fingerprint density at radius 2 is 1.84 bits per heavy atom. The van der Waals surface area contributed by atoms with Crippen LogP contribution in [-0.4, -0.2) is 25.5 Å². The van der Waals surface area contributed by atoms with Crippen LogP contribution < -0.4 is 10.3 Å². The highest BCUT2D eigenvalue weighted by molar-refractivity contribution is 7.99. The fourth-order valence-corrected chi connectivity index (χ4v) is 3.92. The van der Waals surface area contributed by atoms with Crippen molar-refractivity contribution < 1.29 is 4.74 Å². The van der Waals surface area contributed by atoms with Crippen molar-refractivity contribution in [2.75, 3.05) is 5.94 Å². The molecule has 0 aliphatic heterocycles. The number of aryl methyl sites for hydroxylation is 1. The number of fused-ring (bicyclic) bond motifs is 1. The summed E-state index contributed by atoms with van der Waals surface area (Å²) in [6.07, 6.45) is 0. The smallest absolute Gasteiger partial charge is 0.266 e. The third kappa shape index (κ3) is 4.78. The van der Waals surface area contributed by atoms with Crippen molar-refractivity contribution >= 4 is 29.0 Å². The summed E-state index contributed by atoms with van der Waals surface area (Å²) in [4.78, 5) is 21.2. The topological polar surface area (TPSA) is 72.3 Å². The molecule has 0 saturated carbocycles. The van der Waals surface area contributed by atoms with Crippen LogP contribution in [0.15, 0.2) is 58.5 Å². The molecule has 0 unspecified atom stereocenters. The van der Waals surface area contributed by atoms with Crippen molar-refractivity contribution in [1.82, 2.24) is 19.6 Å². The number of nitrogens with one attached hydrogen (secondary N) is 1. The van der Waals surface area contributed by atoms with Crippen LogP contribution in [0.5, 0.6) is 5.75 Å². The second-order valence-corrected chi connectivity index (χ2v) is 9.59. The van der Waals surface area contributed by atoms with Gasteiger partial charge in [-0.2, -0.15) is 0 Å². The van der Waals surface area contributed by atoms with Crippen molar-refractivity contribution in [1.29, 1.82) is 0 Å². The molecule has 1 N–H and O–H groups in total. The Balaban J connectivity index is 1.61. The van der Waals surface area contributed by atoms with Gasteiger partial charge in [0.15, 0.2) is 16.6 Å². The maximum absolute atomic E-state index is 11.9. The molecule has 4 rings (SSSR count). The number of hydrogen-bond donors (Lipinski definition) is 1. The van der Waals surface area contributed by atoms with Crippen molar-refractivity contribution in [2.24, 2.45) is 0 Å². The first-order valence-electron chi connectivity index (χ1n) is 9.83. The van der Waals surface area contributed by atoms with Crippen molar-refractivity contribution in [3.8, 4) is 17.1 Å². The zero-order chi connectivity index (χ0) is 22.2. The van der Waals surface area contributed by atoms with E-state index in [-0.39, 0.29) is 11.0 Å². The van der Waals surface area contributed by atoms with Gasteiger partial charge in [-0.1, -0.05) is 56.6 Å². The summed E-state index contributed by atoms with van der Waals surface area (Å²) in [6, 6.07) is 15.2. The molecule has 0 aliphatic rings. The second-order valence-electron chi connectivity index (χ2n) is 8.29. The lowest BCUT2D eigenvalue weighted by molar-refractivity contribution is 0.392. The molecule has 0 fully saturated rings. The highest BCUT2D eigenvalue weighted by Crippen LogP contribution is 2.27. The highest BCUT2D eigenvalue weighted by atomic mass is 35.5. The van der Waals surface area contributed by atoms with Crippen LogP contribution in [0.4, 0.5) is 0 Å². The Morgan fingerprint density at radius 3 is 2.52 bits per heavy atom. The number of aromatic nitrogens is 4. The predicted octanol–water partition coefficient (Wildman–Crippen LogP) is 5.47. The van der Waals surface area contributed by atoms with Gasteiger partial charge in [-0.15, -0.1) is 0 Å². The SMILES string of the molecule is Cc1cc(OCSc2nc(-c3ccc(C(C)(C)C)cc3)nc3cc(=O)[nH]n23)ccc1Cl.